The summed E-state index contributed by atoms with van der Waals surface area (Å²) in [5.41, 5.74) is 3.09. The van der Waals surface area contributed by atoms with Crippen molar-refractivity contribution in [2.45, 2.75) is 0 Å². The fourth-order valence-electron chi connectivity index (χ4n) is 2.20. The van der Waals surface area contributed by atoms with Gasteiger partial charge in [-0.25, -0.2) is 4.68 Å². The minimum Gasteiger partial charge on any atom is -0.497 e. The molecule has 0 saturated carbocycles. The molecule has 4 nitrogen and oxygen atoms in total. The third kappa shape index (κ3) is 3.66. The van der Waals surface area contributed by atoms with Gasteiger partial charge in [0.25, 0.3) is 0 Å². The monoisotopic (exact) mass is 401 g/mol. The van der Waals surface area contributed by atoms with E-state index >= 15 is 0 Å². The number of thiazole rings is 1. The molecule has 0 aliphatic carbocycles. The van der Waals surface area contributed by atoms with Crippen LogP contribution in [0.3, 0.4) is 0 Å². The van der Waals surface area contributed by atoms with Crippen molar-refractivity contribution in [3.05, 3.63) is 68.7 Å². The third-order valence-corrected chi connectivity index (χ3v) is 4.89. The molecule has 0 aliphatic rings. The molecule has 0 atom stereocenters. The summed E-state index contributed by atoms with van der Waals surface area (Å²) < 4.78 is 8.12. The summed E-state index contributed by atoms with van der Waals surface area (Å²) in [5.74, 6) is 0.833. The Morgan fingerprint density at radius 2 is 1.79 bits per heavy atom. The van der Waals surface area contributed by atoms with E-state index in [0.717, 1.165) is 31.8 Å². The normalized spacial score (nSPS) is 12.0. The highest BCUT2D eigenvalue weighted by molar-refractivity contribution is 9.10. The number of hydrogen-bond acceptors (Lipinski definition) is 4. The van der Waals surface area contributed by atoms with Crippen LogP contribution < -0.4 is 9.54 Å². The Labute approximate surface area is 152 Å². The Kier molecular flexibility index (Phi) is 5.27. The highest BCUT2D eigenvalue weighted by atomic mass is 79.9. The van der Waals surface area contributed by atoms with Gasteiger partial charge in [0, 0.05) is 22.5 Å². The SMILES string of the molecule is CN=c1scc(-c2ccc(OC)cc2)n1N=Cc1ccc(Br)cc1. The average Bonchev–Trinajstić information content (AvgIpc) is 3.04. The molecule has 0 N–H and O–H groups in total. The molecule has 0 saturated heterocycles. The molecular formula is C18H16BrN3OS. The van der Waals surface area contributed by atoms with Gasteiger partial charge in [0.1, 0.15) is 5.75 Å². The van der Waals surface area contributed by atoms with E-state index in [1.54, 1.807) is 25.5 Å². The van der Waals surface area contributed by atoms with Gasteiger partial charge in [0.15, 0.2) is 0 Å². The Morgan fingerprint density at radius 1 is 1.08 bits per heavy atom. The summed E-state index contributed by atoms with van der Waals surface area (Å²) in [4.78, 5) is 5.15. The summed E-state index contributed by atoms with van der Waals surface area (Å²) in [6, 6.07) is 15.9. The van der Waals surface area contributed by atoms with E-state index in [2.05, 4.69) is 31.4 Å². The smallest absolute Gasteiger partial charge is 0.205 e. The maximum absolute atomic E-state index is 5.22. The molecule has 0 radical (unpaired) electrons. The van der Waals surface area contributed by atoms with Gasteiger partial charge in [0.2, 0.25) is 4.80 Å². The second kappa shape index (κ2) is 7.59. The Balaban J connectivity index is 2.00. The lowest BCUT2D eigenvalue weighted by atomic mass is 10.2. The predicted molar refractivity (Wildman–Crippen MR) is 103 cm³/mol. The highest BCUT2D eigenvalue weighted by Gasteiger charge is 2.07. The number of ether oxygens (including phenoxy) is 1. The van der Waals surface area contributed by atoms with Gasteiger partial charge in [-0.05, 0) is 42.0 Å². The van der Waals surface area contributed by atoms with Crippen molar-refractivity contribution >= 4 is 33.5 Å². The first-order valence-electron chi connectivity index (χ1n) is 7.29. The standard InChI is InChI=1S/C18H16BrN3OS/c1-20-18-22(21-11-13-3-7-15(19)8-4-13)17(12-24-18)14-5-9-16(23-2)10-6-14/h3-12H,1-2H3. The van der Waals surface area contributed by atoms with E-state index in [4.69, 9.17) is 4.74 Å². The van der Waals surface area contributed by atoms with Gasteiger partial charge in [-0.2, -0.15) is 5.10 Å². The van der Waals surface area contributed by atoms with Crippen LogP contribution in [0.1, 0.15) is 5.56 Å². The van der Waals surface area contributed by atoms with Gasteiger partial charge in [-0.15, -0.1) is 11.3 Å². The van der Waals surface area contributed by atoms with Gasteiger partial charge in [-0.3, -0.25) is 4.99 Å². The molecule has 6 heteroatoms. The van der Waals surface area contributed by atoms with Crippen LogP contribution in [0.5, 0.6) is 5.75 Å². The summed E-state index contributed by atoms with van der Waals surface area (Å²) >= 11 is 5.00. The largest absolute Gasteiger partial charge is 0.497 e. The number of nitrogens with zero attached hydrogens (tertiary/aromatic N) is 3. The summed E-state index contributed by atoms with van der Waals surface area (Å²) in [6.45, 7) is 0. The van der Waals surface area contributed by atoms with E-state index in [1.807, 2.05) is 59.4 Å². The van der Waals surface area contributed by atoms with Crippen molar-refractivity contribution in [2.24, 2.45) is 10.1 Å². The van der Waals surface area contributed by atoms with Crippen molar-refractivity contribution in [1.29, 1.82) is 0 Å². The van der Waals surface area contributed by atoms with Crippen LogP contribution in [0, 0.1) is 0 Å². The second-order valence-electron chi connectivity index (χ2n) is 4.96. The molecule has 2 aromatic carbocycles. The molecule has 0 fully saturated rings. The molecule has 122 valence electrons. The second-order valence-corrected chi connectivity index (χ2v) is 6.72. The van der Waals surface area contributed by atoms with Gasteiger partial charge >= 0.3 is 0 Å². The lowest BCUT2D eigenvalue weighted by Gasteiger charge is -2.05. The molecule has 1 heterocycles. The molecule has 24 heavy (non-hydrogen) atoms. The maximum Gasteiger partial charge on any atom is 0.205 e. The number of aromatic nitrogens is 1. The highest BCUT2D eigenvalue weighted by Crippen LogP contribution is 2.23. The Hall–Kier alpha value is -2.18. The summed E-state index contributed by atoms with van der Waals surface area (Å²) in [6.07, 6.45) is 1.83. The molecule has 3 aromatic rings. The summed E-state index contributed by atoms with van der Waals surface area (Å²) in [5, 5.41) is 6.68. The first kappa shape index (κ1) is 16.7. The Morgan fingerprint density at radius 3 is 2.42 bits per heavy atom. The van der Waals surface area contributed by atoms with Crippen LogP contribution in [0.25, 0.3) is 11.3 Å². The fourth-order valence-corrected chi connectivity index (χ4v) is 3.26. The van der Waals surface area contributed by atoms with Gasteiger partial charge in [0.05, 0.1) is 19.0 Å². The molecule has 0 bridgehead atoms. The first-order valence-corrected chi connectivity index (χ1v) is 8.96. The minimum atomic E-state index is 0.833. The van der Waals surface area contributed by atoms with Crippen LogP contribution >= 0.6 is 27.3 Å². The van der Waals surface area contributed by atoms with Crippen molar-refractivity contribution in [3.8, 4) is 17.0 Å². The number of rotatable bonds is 4. The number of methoxy groups -OCH3 is 1. The molecule has 3 rings (SSSR count). The van der Waals surface area contributed by atoms with Crippen molar-refractivity contribution in [2.75, 3.05) is 14.2 Å². The van der Waals surface area contributed by atoms with E-state index in [1.165, 1.54) is 0 Å². The minimum absolute atomic E-state index is 0.833. The molecule has 0 spiro atoms. The zero-order valence-corrected chi connectivity index (χ0v) is 15.7. The number of hydrogen-bond donors (Lipinski definition) is 0. The van der Waals surface area contributed by atoms with Crippen molar-refractivity contribution in [1.82, 2.24) is 4.68 Å². The van der Waals surface area contributed by atoms with E-state index in [-0.39, 0.29) is 0 Å². The maximum atomic E-state index is 5.22. The summed E-state index contributed by atoms with van der Waals surface area (Å²) in [7, 11) is 3.44. The van der Waals surface area contributed by atoms with Crippen molar-refractivity contribution < 1.29 is 4.74 Å². The predicted octanol–water partition coefficient (Wildman–Crippen LogP) is 4.40. The zero-order chi connectivity index (χ0) is 16.9. The van der Waals surface area contributed by atoms with Gasteiger partial charge < -0.3 is 4.74 Å². The van der Waals surface area contributed by atoms with Gasteiger partial charge in [-0.1, -0.05) is 28.1 Å². The van der Waals surface area contributed by atoms with E-state index in [9.17, 15) is 0 Å². The fraction of sp³-hybridized carbons (Fsp3) is 0.111. The number of benzene rings is 2. The molecule has 0 unspecified atom stereocenters. The van der Waals surface area contributed by atoms with Crippen LogP contribution in [0.4, 0.5) is 0 Å². The molecule has 0 aliphatic heterocycles. The van der Waals surface area contributed by atoms with Crippen LogP contribution in [0.15, 0.2) is 68.5 Å². The lowest BCUT2D eigenvalue weighted by Crippen LogP contribution is -2.11. The van der Waals surface area contributed by atoms with Crippen LogP contribution in [-0.2, 0) is 0 Å². The van der Waals surface area contributed by atoms with Crippen LogP contribution in [0.2, 0.25) is 0 Å². The Bertz CT molecular complexity index is 909. The van der Waals surface area contributed by atoms with E-state index in [0.29, 0.717) is 0 Å². The molecule has 0 amide bonds. The van der Waals surface area contributed by atoms with Crippen LogP contribution in [-0.4, -0.2) is 25.0 Å². The van der Waals surface area contributed by atoms with E-state index < -0.39 is 0 Å². The average molecular weight is 402 g/mol. The topological polar surface area (TPSA) is 38.9 Å². The molecular weight excluding hydrogens is 386 g/mol. The number of halogens is 1. The zero-order valence-electron chi connectivity index (χ0n) is 13.3. The lowest BCUT2D eigenvalue weighted by molar-refractivity contribution is 0.415. The van der Waals surface area contributed by atoms with Crippen molar-refractivity contribution in [3.63, 3.8) is 0 Å². The molecule has 1 aromatic heterocycles. The quantitative estimate of drug-likeness (QED) is 0.597. The first-order chi connectivity index (χ1) is 11.7. The third-order valence-electron chi connectivity index (χ3n) is 3.45.